The molecule has 0 unspecified atom stereocenters. The van der Waals surface area contributed by atoms with E-state index in [1.165, 1.54) is 11.0 Å². The van der Waals surface area contributed by atoms with Crippen molar-refractivity contribution < 1.29 is 32.6 Å². The fourth-order valence-corrected chi connectivity index (χ4v) is 7.85. The number of nitrogens with one attached hydrogen (secondary N) is 1. The topological polar surface area (TPSA) is 113 Å². The summed E-state index contributed by atoms with van der Waals surface area (Å²) in [4.78, 5) is 30.5. The van der Waals surface area contributed by atoms with Crippen molar-refractivity contribution >= 4 is 22.4 Å². The van der Waals surface area contributed by atoms with E-state index in [4.69, 9.17) is 0 Å². The number of hydrogen-bond acceptors (Lipinski definition) is 6. The number of rotatable bonds is 14. The fourth-order valence-electron chi connectivity index (χ4n) is 6.14. The number of carbonyl (C=O) groups is 2. The molecule has 47 heavy (non-hydrogen) atoms. The Kier molecular flexibility index (Phi) is 12.5. The second kappa shape index (κ2) is 16.2. The first-order valence-corrected chi connectivity index (χ1v) is 18.1. The Balaban J connectivity index is 1.59. The van der Waals surface area contributed by atoms with Crippen molar-refractivity contribution in [1.29, 1.82) is 0 Å². The van der Waals surface area contributed by atoms with Crippen LogP contribution in [0, 0.1) is 18.6 Å². The zero-order valence-electron chi connectivity index (χ0n) is 27.6. The van der Waals surface area contributed by atoms with Crippen LogP contribution in [0.3, 0.4) is 0 Å². The molecular formula is C36H47F2N3O5S. The summed E-state index contributed by atoms with van der Waals surface area (Å²) in [6, 6.07) is 13.5. The molecule has 0 spiro atoms. The number of halogens is 2. The molecule has 0 aromatic heterocycles. The highest BCUT2D eigenvalue weighted by Gasteiger charge is 2.31. The third kappa shape index (κ3) is 9.84. The van der Waals surface area contributed by atoms with Crippen LogP contribution in [0.25, 0.3) is 0 Å². The van der Waals surface area contributed by atoms with E-state index >= 15 is 0 Å². The van der Waals surface area contributed by atoms with E-state index in [-0.39, 0.29) is 48.2 Å². The lowest BCUT2D eigenvalue weighted by Gasteiger charge is -2.42. The Morgan fingerprint density at radius 3 is 2.11 bits per heavy atom. The maximum atomic E-state index is 14.1. The molecule has 0 aliphatic carbocycles. The summed E-state index contributed by atoms with van der Waals surface area (Å²) in [5.74, 6) is -1.99. The number of hydrogen-bond donors (Lipinski definition) is 4. The van der Waals surface area contributed by atoms with Gasteiger partial charge in [-0.3, -0.25) is 18.7 Å². The highest BCUT2D eigenvalue weighted by atomic mass is 32.3. The van der Waals surface area contributed by atoms with E-state index in [1.807, 2.05) is 39.0 Å². The Morgan fingerprint density at radius 2 is 1.51 bits per heavy atom. The molecule has 4 N–H and O–H groups in total. The van der Waals surface area contributed by atoms with Crippen LogP contribution in [0.2, 0.25) is 0 Å². The minimum atomic E-state index is -2.87. The summed E-state index contributed by atoms with van der Waals surface area (Å²) >= 11 is 0. The summed E-state index contributed by atoms with van der Waals surface area (Å²) in [6.45, 7) is 8.62. The first kappa shape index (κ1) is 36.5. The highest BCUT2D eigenvalue weighted by molar-refractivity contribution is 8.23. The minimum absolute atomic E-state index is 0.0117. The second-order valence-corrected chi connectivity index (χ2v) is 14.7. The van der Waals surface area contributed by atoms with Crippen LogP contribution in [0.4, 0.5) is 8.78 Å². The number of aliphatic hydroxyl groups is 1. The Labute approximate surface area is 278 Å². The maximum absolute atomic E-state index is 14.1. The molecule has 0 fully saturated rings. The molecule has 11 heteroatoms. The van der Waals surface area contributed by atoms with Gasteiger partial charge in [0, 0.05) is 49.9 Å². The molecule has 1 heterocycles. The van der Waals surface area contributed by atoms with Crippen LogP contribution in [-0.2, 0) is 18.7 Å². The second-order valence-electron chi connectivity index (χ2n) is 12.5. The number of amides is 2. The van der Waals surface area contributed by atoms with Gasteiger partial charge in [-0.2, -0.15) is 10.6 Å². The molecule has 2 atom stereocenters. The lowest BCUT2D eigenvalue weighted by molar-refractivity contribution is 0.0600. The van der Waals surface area contributed by atoms with Crippen LogP contribution in [0.1, 0.15) is 88.2 Å². The molecule has 2 amide bonds. The molecule has 0 radical (unpaired) electrons. The first-order chi connectivity index (χ1) is 22.3. The van der Waals surface area contributed by atoms with Crippen LogP contribution >= 0.6 is 10.6 Å². The van der Waals surface area contributed by atoms with Gasteiger partial charge < -0.3 is 20.2 Å². The van der Waals surface area contributed by atoms with Crippen LogP contribution in [-0.4, -0.2) is 73.9 Å². The van der Waals surface area contributed by atoms with Crippen molar-refractivity contribution in [2.24, 2.45) is 0 Å². The van der Waals surface area contributed by atoms with Crippen LogP contribution < -0.4 is 5.32 Å². The smallest absolute Gasteiger partial charge is 0.254 e. The molecule has 3 aromatic rings. The third-order valence-corrected chi connectivity index (χ3v) is 9.91. The summed E-state index contributed by atoms with van der Waals surface area (Å²) in [5.41, 5.74) is 4.40. The van der Waals surface area contributed by atoms with E-state index < -0.39 is 40.3 Å². The summed E-state index contributed by atoms with van der Waals surface area (Å²) in [5, 5.41) is 14.5. The van der Waals surface area contributed by atoms with E-state index in [2.05, 4.69) is 5.32 Å². The monoisotopic (exact) mass is 671 g/mol. The van der Waals surface area contributed by atoms with E-state index in [0.29, 0.717) is 24.2 Å². The minimum Gasteiger partial charge on any atom is -0.390 e. The summed E-state index contributed by atoms with van der Waals surface area (Å²) in [6.07, 6.45) is 1.28. The number of benzene rings is 3. The zero-order chi connectivity index (χ0) is 34.3. The predicted octanol–water partition coefficient (Wildman–Crippen LogP) is 6.70. The Hall–Kier alpha value is -3.35. The number of aliphatic hydroxyl groups excluding tert-OH is 1. The standard InChI is InChI=1S/C36H47F2N3O5S/c1-5-10-40(11-6-2)35(43)28-12-24(4)13-29(17-28)36(44)41(20-26-14-30(37)18-31(38)15-26)21-32(42)19-39-34-23-47(45,46)22-27-9-8-25(7-3)16-33(27)34/h8-9,12-18,32,34,39,42,45-46H,5-7,10-11,19-23H2,1-4H3/t32-,34+/m1/s1. The average Bonchev–Trinajstić information content (AvgIpc) is 3.01. The first-order valence-electron chi connectivity index (χ1n) is 16.2. The van der Waals surface area contributed by atoms with Crippen molar-refractivity contribution in [3.8, 4) is 0 Å². The number of aryl methyl sites for hydroxylation is 2. The van der Waals surface area contributed by atoms with Gasteiger partial charge in [-0.15, -0.1) is 0 Å². The van der Waals surface area contributed by atoms with Gasteiger partial charge in [-0.05, 0) is 84.3 Å². The quantitative estimate of drug-likeness (QED) is 0.152. The van der Waals surface area contributed by atoms with Crippen molar-refractivity contribution in [2.75, 3.05) is 31.9 Å². The van der Waals surface area contributed by atoms with Gasteiger partial charge >= 0.3 is 0 Å². The highest BCUT2D eigenvalue weighted by Crippen LogP contribution is 2.50. The SMILES string of the molecule is CCCN(CCC)C(=O)c1cc(C)cc(C(=O)N(Cc2cc(F)cc(F)c2)C[C@H](O)CN[C@H]2CS(O)(O)Cc3ccc(CC)cc32)c1. The molecule has 4 rings (SSSR count). The Morgan fingerprint density at radius 1 is 0.894 bits per heavy atom. The Bertz CT molecular complexity index is 1540. The van der Waals surface area contributed by atoms with Crippen LogP contribution in [0.5, 0.6) is 0 Å². The molecule has 1 aliphatic rings. The number of carbonyl (C=O) groups excluding carboxylic acids is 2. The molecule has 0 saturated carbocycles. The van der Waals surface area contributed by atoms with Crippen molar-refractivity contribution in [3.63, 3.8) is 0 Å². The zero-order valence-corrected chi connectivity index (χ0v) is 28.5. The molecule has 0 bridgehead atoms. The van der Waals surface area contributed by atoms with Gasteiger partial charge in [0.15, 0.2) is 0 Å². The number of fused-ring (bicyclic) bond motifs is 1. The van der Waals surface area contributed by atoms with E-state index in [1.54, 1.807) is 24.0 Å². The van der Waals surface area contributed by atoms with Gasteiger partial charge in [-0.25, -0.2) is 8.78 Å². The van der Waals surface area contributed by atoms with Crippen molar-refractivity contribution in [2.45, 2.75) is 71.4 Å². The third-order valence-electron chi connectivity index (χ3n) is 8.27. The molecule has 3 aromatic carbocycles. The molecule has 8 nitrogen and oxygen atoms in total. The van der Waals surface area contributed by atoms with Crippen LogP contribution in [0.15, 0.2) is 54.6 Å². The van der Waals surface area contributed by atoms with Crippen molar-refractivity contribution in [1.82, 2.24) is 15.1 Å². The summed E-state index contributed by atoms with van der Waals surface area (Å²) < 4.78 is 49.5. The molecule has 256 valence electrons. The van der Waals surface area contributed by atoms with Gasteiger partial charge in [0.1, 0.15) is 11.6 Å². The van der Waals surface area contributed by atoms with Gasteiger partial charge in [0.2, 0.25) is 0 Å². The summed E-state index contributed by atoms with van der Waals surface area (Å²) in [7, 11) is -2.87. The lowest BCUT2D eigenvalue weighted by atomic mass is 9.98. The largest absolute Gasteiger partial charge is 0.390 e. The normalized spacial score (nSPS) is 16.7. The fraction of sp³-hybridized carbons (Fsp3) is 0.444. The predicted molar refractivity (Wildman–Crippen MR) is 183 cm³/mol. The van der Waals surface area contributed by atoms with Gasteiger partial charge in [0.25, 0.3) is 11.8 Å². The van der Waals surface area contributed by atoms with Gasteiger partial charge in [-0.1, -0.05) is 39.0 Å². The lowest BCUT2D eigenvalue weighted by Crippen LogP contribution is -2.43. The maximum Gasteiger partial charge on any atom is 0.254 e. The average molecular weight is 672 g/mol. The molecular weight excluding hydrogens is 624 g/mol. The van der Waals surface area contributed by atoms with Gasteiger partial charge in [0.05, 0.1) is 23.7 Å². The van der Waals surface area contributed by atoms with E-state index in [9.17, 15) is 32.6 Å². The molecule has 0 saturated heterocycles. The molecule has 1 aliphatic heterocycles. The van der Waals surface area contributed by atoms with E-state index in [0.717, 1.165) is 54.2 Å². The number of nitrogens with zero attached hydrogens (tertiary/aromatic N) is 2. The van der Waals surface area contributed by atoms with Crippen molar-refractivity contribution in [3.05, 3.63) is 105 Å².